The summed E-state index contributed by atoms with van der Waals surface area (Å²) in [7, 11) is 0. The first-order chi connectivity index (χ1) is 8.57. The first-order valence-electron chi connectivity index (χ1n) is 6.68. The average molecular weight is 251 g/mol. The second kappa shape index (κ2) is 5.65. The topological polar surface area (TPSA) is 50.9 Å². The Labute approximate surface area is 108 Å². The minimum absolute atomic E-state index is 0.298. The van der Waals surface area contributed by atoms with Gasteiger partial charge in [-0.15, -0.1) is 0 Å². The van der Waals surface area contributed by atoms with Crippen LogP contribution in [-0.4, -0.2) is 23.2 Å². The zero-order valence-corrected chi connectivity index (χ0v) is 11.0. The van der Waals surface area contributed by atoms with E-state index < -0.39 is 5.67 Å². The quantitative estimate of drug-likeness (QED) is 0.864. The highest BCUT2D eigenvalue weighted by Crippen LogP contribution is 2.27. The van der Waals surface area contributed by atoms with Gasteiger partial charge in [0.15, 0.2) is 0 Å². The minimum atomic E-state index is -1.23. The Bertz CT molecular complexity index is 386. The van der Waals surface area contributed by atoms with Gasteiger partial charge in [0.1, 0.15) is 11.5 Å². The van der Waals surface area contributed by atoms with E-state index >= 15 is 0 Å². The third-order valence-electron chi connectivity index (χ3n) is 3.57. The van der Waals surface area contributed by atoms with Crippen LogP contribution in [0, 0.1) is 0 Å². The minimum Gasteiger partial charge on any atom is -0.383 e. The molecule has 0 bridgehead atoms. The van der Waals surface area contributed by atoms with E-state index in [-0.39, 0.29) is 0 Å². The molecule has 1 aromatic rings. The fourth-order valence-electron chi connectivity index (χ4n) is 2.68. The van der Waals surface area contributed by atoms with E-state index in [1.807, 2.05) is 6.07 Å². The maximum absolute atomic E-state index is 14.6. The zero-order chi connectivity index (χ0) is 13.0. The number of nitrogens with one attached hydrogen (secondary N) is 1. The number of halogens is 1. The number of rotatable bonds is 4. The van der Waals surface area contributed by atoms with Gasteiger partial charge >= 0.3 is 0 Å². The SMILES string of the molecule is CC(F)(Cc1cccnc1N)CC1CCCCN1. The summed E-state index contributed by atoms with van der Waals surface area (Å²) in [4.78, 5) is 4.01. The molecule has 2 atom stereocenters. The molecule has 0 saturated carbocycles. The monoisotopic (exact) mass is 251 g/mol. The van der Waals surface area contributed by atoms with Crippen molar-refractivity contribution in [1.82, 2.24) is 10.3 Å². The first kappa shape index (κ1) is 13.3. The van der Waals surface area contributed by atoms with E-state index in [2.05, 4.69) is 10.3 Å². The summed E-state index contributed by atoms with van der Waals surface area (Å²) in [5.74, 6) is 0.443. The van der Waals surface area contributed by atoms with Gasteiger partial charge in [0, 0.05) is 18.7 Å². The summed E-state index contributed by atoms with van der Waals surface area (Å²) in [6.07, 6.45) is 5.99. The highest BCUT2D eigenvalue weighted by Gasteiger charge is 2.29. The van der Waals surface area contributed by atoms with Crippen LogP contribution < -0.4 is 11.1 Å². The number of alkyl halides is 1. The van der Waals surface area contributed by atoms with Crippen molar-refractivity contribution >= 4 is 5.82 Å². The maximum atomic E-state index is 14.6. The molecule has 0 spiro atoms. The Hall–Kier alpha value is -1.16. The highest BCUT2D eigenvalue weighted by atomic mass is 19.1. The van der Waals surface area contributed by atoms with Crippen molar-refractivity contribution in [3.05, 3.63) is 23.9 Å². The lowest BCUT2D eigenvalue weighted by Crippen LogP contribution is -2.40. The van der Waals surface area contributed by atoms with Crippen LogP contribution in [0.3, 0.4) is 0 Å². The smallest absolute Gasteiger partial charge is 0.126 e. The second-order valence-corrected chi connectivity index (χ2v) is 5.49. The fourth-order valence-corrected chi connectivity index (χ4v) is 2.68. The van der Waals surface area contributed by atoms with Crippen molar-refractivity contribution in [3.8, 4) is 0 Å². The summed E-state index contributed by atoms with van der Waals surface area (Å²) >= 11 is 0. The Morgan fingerprint density at radius 3 is 3.06 bits per heavy atom. The van der Waals surface area contributed by atoms with Crippen LogP contribution in [0.25, 0.3) is 0 Å². The molecule has 2 unspecified atom stereocenters. The number of nitrogens with two attached hydrogens (primary N) is 1. The normalized spacial score (nSPS) is 23.6. The van der Waals surface area contributed by atoms with E-state index in [1.54, 1.807) is 19.2 Å². The number of pyridine rings is 1. The number of hydrogen-bond donors (Lipinski definition) is 2. The number of nitrogen functional groups attached to an aromatic ring is 1. The number of nitrogens with zero attached hydrogens (tertiary/aromatic N) is 1. The van der Waals surface area contributed by atoms with Crippen LogP contribution in [0.1, 0.15) is 38.2 Å². The first-order valence-corrected chi connectivity index (χ1v) is 6.68. The van der Waals surface area contributed by atoms with Crippen molar-refractivity contribution in [2.24, 2.45) is 0 Å². The van der Waals surface area contributed by atoms with Crippen molar-refractivity contribution in [1.29, 1.82) is 0 Å². The number of hydrogen-bond acceptors (Lipinski definition) is 3. The molecule has 0 aliphatic carbocycles. The summed E-state index contributed by atoms with van der Waals surface area (Å²) in [6, 6.07) is 3.96. The molecule has 0 amide bonds. The van der Waals surface area contributed by atoms with Gasteiger partial charge in [0.2, 0.25) is 0 Å². The van der Waals surface area contributed by atoms with Crippen LogP contribution in [0.2, 0.25) is 0 Å². The summed E-state index contributed by atoms with van der Waals surface area (Å²) in [5.41, 5.74) is 5.34. The Morgan fingerprint density at radius 1 is 1.56 bits per heavy atom. The highest BCUT2D eigenvalue weighted by molar-refractivity contribution is 5.39. The van der Waals surface area contributed by atoms with Gasteiger partial charge in [0.25, 0.3) is 0 Å². The maximum Gasteiger partial charge on any atom is 0.126 e. The van der Waals surface area contributed by atoms with Crippen molar-refractivity contribution in [3.63, 3.8) is 0 Å². The van der Waals surface area contributed by atoms with Gasteiger partial charge in [-0.05, 0) is 44.4 Å². The fraction of sp³-hybridized carbons (Fsp3) is 0.643. The van der Waals surface area contributed by atoms with E-state index in [9.17, 15) is 4.39 Å². The van der Waals surface area contributed by atoms with Crippen LogP contribution in [0.4, 0.5) is 10.2 Å². The summed E-state index contributed by atoms with van der Waals surface area (Å²) in [5, 5.41) is 3.39. The van der Waals surface area contributed by atoms with Gasteiger partial charge in [-0.1, -0.05) is 12.5 Å². The molecule has 0 aromatic carbocycles. The molecule has 1 aliphatic heterocycles. The second-order valence-electron chi connectivity index (χ2n) is 5.49. The third-order valence-corrected chi connectivity index (χ3v) is 3.57. The predicted molar refractivity (Wildman–Crippen MR) is 72.1 cm³/mol. The predicted octanol–water partition coefficient (Wildman–Crippen LogP) is 2.47. The Kier molecular flexibility index (Phi) is 4.17. The molecule has 3 N–H and O–H groups in total. The molecule has 100 valence electrons. The molecule has 2 heterocycles. The van der Waals surface area contributed by atoms with Gasteiger partial charge in [-0.3, -0.25) is 0 Å². The van der Waals surface area contributed by atoms with Crippen LogP contribution >= 0.6 is 0 Å². The van der Waals surface area contributed by atoms with Crippen molar-refractivity contribution in [2.45, 2.75) is 50.7 Å². The zero-order valence-electron chi connectivity index (χ0n) is 11.0. The molecular formula is C14H22FN3. The van der Waals surface area contributed by atoms with Crippen molar-refractivity contribution < 1.29 is 4.39 Å². The third kappa shape index (κ3) is 3.67. The number of piperidine rings is 1. The van der Waals surface area contributed by atoms with Crippen LogP contribution in [0.5, 0.6) is 0 Å². The summed E-state index contributed by atoms with van der Waals surface area (Å²) < 4.78 is 14.6. The van der Waals surface area contributed by atoms with E-state index in [0.717, 1.165) is 18.5 Å². The number of aromatic nitrogens is 1. The average Bonchev–Trinajstić information content (AvgIpc) is 2.32. The lowest BCUT2D eigenvalue weighted by Gasteiger charge is -2.30. The van der Waals surface area contributed by atoms with Crippen LogP contribution in [-0.2, 0) is 6.42 Å². The molecule has 1 saturated heterocycles. The largest absolute Gasteiger partial charge is 0.383 e. The van der Waals surface area contributed by atoms with E-state index in [4.69, 9.17) is 5.73 Å². The van der Waals surface area contributed by atoms with Gasteiger partial charge in [-0.2, -0.15) is 0 Å². The molecular weight excluding hydrogens is 229 g/mol. The van der Waals surface area contributed by atoms with Crippen LogP contribution in [0.15, 0.2) is 18.3 Å². The molecule has 1 fully saturated rings. The van der Waals surface area contributed by atoms with Gasteiger partial charge < -0.3 is 11.1 Å². The molecule has 0 radical (unpaired) electrons. The molecule has 3 nitrogen and oxygen atoms in total. The van der Waals surface area contributed by atoms with Crippen molar-refractivity contribution in [2.75, 3.05) is 12.3 Å². The lowest BCUT2D eigenvalue weighted by molar-refractivity contribution is 0.146. The Morgan fingerprint density at radius 2 is 2.39 bits per heavy atom. The standard InChI is InChI=1S/C14H22FN3/c1-14(15,10-12-6-2-3-7-17-12)9-11-5-4-8-18-13(11)16/h4-5,8,12,17H,2-3,6-7,9-10H2,1H3,(H2,16,18). The molecule has 1 aliphatic rings. The molecule has 1 aromatic heterocycles. The van der Waals surface area contributed by atoms with Gasteiger partial charge in [0.05, 0.1) is 0 Å². The molecule has 18 heavy (non-hydrogen) atoms. The lowest BCUT2D eigenvalue weighted by atomic mass is 9.88. The molecule has 2 rings (SSSR count). The number of anilines is 1. The summed E-state index contributed by atoms with van der Waals surface area (Å²) in [6.45, 7) is 2.67. The van der Waals surface area contributed by atoms with E-state index in [1.165, 1.54) is 12.8 Å². The van der Waals surface area contributed by atoms with E-state index in [0.29, 0.717) is 24.7 Å². The Balaban J connectivity index is 1.96. The molecule has 4 heteroatoms. The van der Waals surface area contributed by atoms with Gasteiger partial charge in [-0.25, -0.2) is 9.37 Å².